The third-order valence-electron chi connectivity index (χ3n) is 3.82. The maximum Gasteiger partial charge on any atom is 0.226 e. The third-order valence-corrected chi connectivity index (χ3v) is 4.76. The molecule has 5 heteroatoms. The van der Waals surface area contributed by atoms with Crippen LogP contribution in [0.15, 0.2) is 29.6 Å². The fraction of sp³-hybridized carbons (Fsp3) is 0.412. The molecule has 2 heterocycles. The van der Waals surface area contributed by atoms with Gasteiger partial charge in [-0.15, -0.1) is 11.3 Å². The van der Waals surface area contributed by atoms with Gasteiger partial charge < -0.3 is 10.6 Å². The van der Waals surface area contributed by atoms with E-state index in [9.17, 15) is 4.79 Å². The van der Waals surface area contributed by atoms with E-state index in [1.807, 2.05) is 11.4 Å². The van der Waals surface area contributed by atoms with Gasteiger partial charge >= 0.3 is 0 Å². The van der Waals surface area contributed by atoms with Crippen molar-refractivity contribution >= 4 is 17.2 Å². The lowest BCUT2D eigenvalue weighted by Gasteiger charge is -2.23. The van der Waals surface area contributed by atoms with Crippen LogP contribution in [0.2, 0.25) is 0 Å². The number of hydrogen-bond acceptors (Lipinski definition) is 4. The van der Waals surface area contributed by atoms with E-state index in [4.69, 9.17) is 0 Å². The molecule has 1 fully saturated rings. The topological polar surface area (TPSA) is 54.0 Å². The predicted octanol–water partition coefficient (Wildman–Crippen LogP) is 2.53. The number of benzene rings is 1. The maximum absolute atomic E-state index is 12.1. The molecule has 4 nitrogen and oxygen atoms in total. The Morgan fingerprint density at radius 3 is 3.18 bits per heavy atom. The molecule has 1 aromatic carbocycles. The number of hydrogen-bond donors (Lipinski definition) is 2. The number of aromatic nitrogens is 1. The molecule has 2 N–H and O–H groups in total. The van der Waals surface area contributed by atoms with Crippen molar-refractivity contribution < 1.29 is 4.79 Å². The van der Waals surface area contributed by atoms with Crippen molar-refractivity contribution in [3.8, 4) is 10.6 Å². The molecule has 0 aliphatic carbocycles. The number of carbonyl (C=O) groups excluding carboxylic acids is 1. The van der Waals surface area contributed by atoms with Crippen molar-refractivity contribution in [3.63, 3.8) is 0 Å². The number of thiazole rings is 1. The Balaban J connectivity index is 1.60. The Morgan fingerprint density at radius 1 is 1.50 bits per heavy atom. The van der Waals surface area contributed by atoms with Crippen molar-refractivity contribution in [2.75, 3.05) is 13.1 Å². The summed E-state index contributed by atoms with van der Waals surface area (Å²) in [6.45, 7) is 4.00. The van der Waals surface area contributed by atoms with Gasteiger partial charge in [-0.05, 0) is 32.4 Å². The monoisotopic (exact) mass is 315 g/mol. The number of nitrogens with one attached hydrogen (secondary N) is 2. The molecule has 22 heavy (non-hydrogen) atoms. The summed E-state index contributed by atoms with van der Waals surface area (Å²) in [7, 11) is 0. The summed E-state index contributed by atoms with van der Waals surface area (Å²) in [5.41, 5.74) is 3.19. The second kappa shape index (κ2) is 7.03. The smallest absolute Gasteiger partial charge is 0.226 e. The van der Waals surface area contributed by atoms with E-state index < -0.39 is 0 Å². The van der Waals surface area contributed by atoms with Crippen LogP contribution < -0.4 is 10.6 Å². The quantitative estimate of drug-likeness (QED) is 0.911. The molecule has 1 amide bonds. The highest BCUT2D eigenvalue weighted by Gasteiger charge is 2.16. The molecule has 0 radical (unpaired) electrons. The van der Waals surface area contributed by atoms with Crippen LogP contribution in [0.1, 0.15) is 24.1 Å². The van der Waals surface area contributed by atoms with Crippen LogP contribution in [0.25, 0.3) is 10.6 Å². The first-order chi connectivity index (χ1) is 10.7. The zero-order chi connectivity index (χ0) is 15.4. The number of rotatable bonds is 4. The number of nitrogens with zero attached hydrogens (tertiary/aromatic N) is 1. The van der Waals surface area contributed by atoms with Gasteiger partial charge in [-0.25, -0.2) is 4.98 Å². The van der Waals surface area contributed by atoms with E-state index in [-0.39, 0.29) is 11.9 Å². The van der Waals surface area contributed by atoms with Crippen molar-refractivity contribution in [3.05, 3.63) is 40.9 Å². The van der Waals surface area contributed by atoms with Gasteiger partial charge in [0.15, 0.2) is 0 Å². The first-order valence-corrected chi connectivity index (χ1v) is 8.60. The molecule has 1 aromatic heterocycles. The molecule has 3 rings (SSSR count). The number of piperidine rings is 1. The molecule has 1 saturated heterocycles. The highest BCUT2D eigenvalue weighted by molar-refractivity contribution is 7.13. The summed E-state index contributed by atoms with van der Waals surface area (Å²) < 4.78 is 0. The van der Waals surface area contributed by atoms with Crippen LogP contribution in [0.3, 0.4) is 0 Å². The molecule has 0 saturated carbocycles. The van der Waals surface area contributed by atoms with Crippen LogP contribution in [0, 0.1) is 6.92 Å². The largest absolute Gasteiger partial charge is 0.352 e. The SMILES string of the molecule is Cc1cccc(-c2nc(CC(=O)NC3CCCNC3)cs2)c1. The van der Waals surface area contributed by atoms with Crippen molar-refractivity contribution in [1.82, 2.24) is 15.6 Å². The minimum absolute atomic E-state index is 0.0646. The van der Waals surface area contributed by atoms with Gasteiger partial charge in [0.1, 0.15) is 5.01 Å². The van der Waals surface area contributed by atoms with Crippen molar-refractivity contribution in [1.29, 1.82) is 0 Å². The van der Waals surface area contributed by atoms with Gasteiger partial charge in [0.2, 0.25) is 5.91 Å². The van der Waals surface area contributed by atoms with E-state index in [0.717, 1.165) is 42.2 Å². The van der Waals surface area contributed by atoms with Gasteiger partial charge in [0.25, 0.3) is 0 Å². The van der Waals surface area contributed by atoms with Gasteiger partial charge in [0.05, 0.1) is 12.1 Å². The van der Waals surface area contributed by atoms with E-state index in [1.54, 1.807) is 11.3 Å². The highest BCUT2D eigenvalue weighted by Crippen LogP contribution is 2.24. The average Bonchev–Trinajstić information content (AvgIpc) is 2.96. The summed E-state index contributed by atoms with van der Waals surface area (Å²) in [5.74, 6) is 0.0646. The normalized spacial score (nSPS) is 18.1. The molecule has 1 aliphatic rings. The van der Waals surface area contributed by atoms with E-state index in [0.29, 0.717) is 6.42 Å². The number of amides is 1. The van der Waals surface area contributed by atoms with Crippen molar-refractivity contribution in [2.45, 2.75) is 32.2 Å². The Hall–Kier alpha value is -1.72. The highest BCUT2D eigenvalue weighted by atomic mass is 32.1. The summed E-state index contributed by atoms with van der Waals surface area (Å²) >= 11 is 1.60. The molecule has 1 unspecified atom stereocenters. The third kappa shape index (κ3) is 3.93. The standard InChI is InChI=1S/C17H21N3OS/c1-12-4-2-5-13(8-12)17-20-15(11-22-17)9-16(21)19-14-6-3-7-18-10-14/h2,4-5,8,11,14,18H,3,6-7,9-10H2,1H3,(H,19,21). The van der Waals surface area contributed by atoms with Gasteiger partial charge in [-0.3, -0.25) is 4.79 Å². The van der Waals surface area contributed by atoms with Crippen LogP contribution in [-0.2, 0) is 11.2 Å². The fourth-order valence-electron chi connectivity index (χ4n) is 2.72. The van der Waals surface area contributed by atoms with E-state index in [2.05, 4.69) is 40.7 Å². The molecular formula is C17H21N3OS. The van der Waals surface area contributed by atoms with Crippen LogP contribution in [-0.4, -0.2) is 30.0 Å². The number of aryl methyl sites for hydroxylation is 1. The minimum atomic E-state index is 0.0646. The van der Waals surface area contributed by atoms with Crippen LogP contribution >= 0.6 is 11.3 Å². The summed E-state index contributed by atoms with van der Waals surface area (Å²) in [6.07, 6.45) is 2.54. The molecule has 0 spiro atoms. The van der Waals surface area contributed by atoms with E-state index in [1.165, 1.54) is 5.56 Å². The second-order valence-electron chi connectivity index (χ2n) is 5.80. The first kappa shape index (κ1) is 15.2. The molecule has 116 valence electrons. The molecule has 0 bridgehead atoms. The fourth-order valence-corrected chi connectivity index (χ4v) is 3.53. The van der Waals surface area contributed by atoms with E-state index >= 15 is 0 Å². The average molecular weight is 315 g/mol. The van der Waals surface area contributed by atoms with Crippen LogP contribution in [0.4, 0.5) is 0 Å². The zero-order valence-corrected chi connectivity index (χ0v) is 13.6. The maximum atomic E-state index is 12.1. The first-order valence-electron chi connectivity index (χ1n) is 7.72. The zero-order valence-electron chi connectivity index (χ0n) is 12.8. The number of carbonyl (C=O) groups is 1. The summed E-state index contributed by atoms with van der Waals surface area (Å²) in [4.78, 5) is 16.7. The molecule has 1 atom stereocenters. The second-order valence-corrected chi connectivity index (χ2v) is 6.66. The van der Waals surface area contributed by atoms with Gasteiger partial charge in [-0.2, -0.15) is 0 Å². The minimum Gasteiger partial charge on any atom is -0.352 e. The van der Waals surface area contributed by atoms with Gasteiger partial charge in [0, 0.05) is 23.5 Å². The Kier molecular flexibility index (Phi) is 4.85. The lowest BCUT2D eigenvalue weighted by molar-refractivity contribution is -0.121. The van der Waals surface area contributed by atoms with Crippen molar-refractivity contribution in [2.24, 2.45) is 0 Å². The summed E-state index contributed by atoms with van der Waals surface area (Å²) in [6, 6.07) is 8.55. The lowest BCUT2D eigenvalue weighted by atomic mass is 10.1. The molecule has 1 aliphatic heterocycles. The lowest BCUT2D eigenvalue weighted by Crippen LogP contribution is -2.46. The van der Waals surface area contributed by atoms with Gasteiger partial charge in [-0.1, -0.05) is 23.8 Å². The Morgan fingerprint density at radius 2 is 2.41 bits per heavy atom. The molecular weight excluding hydrogens is 294 g/mol. The Labute approximate surface area is 135 Å². The molecule has 2 aromatic rings. The summed E-state index contributed by atoms with van der Waals surface area (Å²) in [5, 5.41) is 9.36. The van der Waals surface area contributed by atoms with Crippen LogP contribution in [0.5, 0.6) is 0 Å². The Bertz CT molecular complexity index is 647. The predicted molar refractivity (Wildman–Crippen MR) is 90.0 cm³/mol.